The molecule has 2 N–H and O–H groups in total. The number of rotatable bonds is 6. The molecule has 0 unspecified atom stereocenters. The van der Waals surface area contributed by atoms with E-state index in [9.17, 15) is 14.4 Å². The number of hydrogen-bond acceptors (Lipinski definition) is 7. The van der Waals surface area contributed by atoms with Crippen molar-refractivity contribution in [3.63, 3.8) is 0 Å². The average Bonchev–Trinajstić information content (AvgIpc) is 3.39. The first kappa shape index (κ1) is 26.9. The zero-order chi connectivity index (χ0) is 27.1. The Morgan fingerprint density at radius 2 is 1.86 bits per heavy atom. The Bertz CT molecular complexity index is 1120. The van der Waals surface area contributed by atoms with Gasteiger partial charge in [0.15, 0.2) is 5.78 Å². The number of Topliss-reactive ketones (excluding diaryl/α,β-unsaturated/α-hetero) is 1. The number of hydrogen-bond donors (Lipinski definition) is 1. The highest BCUT2D eigenvalue weighted by atomic mass is 16.5. The molecule has 0 bridgehead atoms. The number of fused-ring (bicyclic) bond motifs is 1. The summed E-state index contributed by atoms with van der Waals surface area (Å²) in [5, 5.41) is 3.79. The number of benzene rings is 1. The van der Waals surface area contributed by atoms with Crippen molar-refractivity contribution >= 4 is 23.3 Å². The van der Waals surface area contributed by atoms with Crippen LogP contribution < -0.4 is 10.6 Å². The molecule has 0 radical (unpaired) electrons. The molecule has 3 fully saturated rings. The van der Waals surface area contributed by atoms with Crippen LogP contribution in [0.5, 0.6) is 0 Å². The summed E-state index contributed by atoms with van der Waals surface area (Å²) < 4.78 is 5.60. The van der Waals surface area contributed by atoms with Crippen LogP contribution in [-0.4, -0.2) is 91.0 Å². The molecule has 4 atom stereocenters. The van der Waals surface area contributed by atoms with E-state index in [0.29, 0.717) is 11.6 Å². The van der Waals surface area contributed by atoms with Crippen molar-refractivity contribution in [3.05, 3.63) is 39.8 Å². The second kappa shape index (κ2) is 10.3. The summed E-state index contributed by atoms with van der Waals surface area (Å²) in [4.78, 5) is 48.5. The van der Waals surface area contributed by atoms with Crippen LogP contribution in [0.15, 0.2) is 23.3 Å². The topological polar surface area (TPSA) is 145 Å². The number of ether oxygens (including phenoxy) is 1. The standard InChI is InChI=1S/C26H37N7O4/c1-15(2)31-8-10-32(11-9-31)16-6-7-17(24(27)35)18(12-16)21(26(3,4)5)25(36)33-13-19(29-30-28)23-22(33)20(34)14-37-23/h6-7,12,15,19,21-23H,8-11,13-14H2,1-5H3,(H2,27,35)/t19-,21+,22-,23-/m1/s1. The van der Waals surface area contributed by atoms with Crippen molar-refractivity contribution in [3.8, 4) is 0 Å². The molecule has 200 valence electrons. The van der Waals surface area contributed by atoms with E-state index in [1.54, 1.807) is 6.07 Å². The zero-order valence-corrected chi connectivity index (χ0v) is 22.3. The molecule has 4 rings (SSSR count). The van der Waals surface area contributed by atoms with Gasteiger partial charge >= 0.3 is 0 Å². The van der Waals surface area contributed by atoms with Crippen LogP contribution in [0.2, 0.25) is 0 Å². The Kier molecular flexibility index (Phi) is 7.50. The number of ketones is 1. The summed E-state index contributed by atoms with van der Waals surface area (Å²) in [7, 11) is 0. The van der Waals surface area contributed by atoms with Crippen LogP contribution in [0.4, 0.5) is 5.69 Å². The average molecular weight is 512 g/mol. The molecular weight excluding hydrogens is 474 g/mol. The SMILES string of the molecule is CC(C)N1CCN(c2ccc(C(N)=O)c([C@@H](C(=O)N3C[C@@H](N=[N+]=[N-])[C@H]4OCC(=O)[C@H]43)C(C)(C)C)c2)CC1. The Morgan fingerprint density at radius 3 is 2.43 bits per heavy atom. The van der Waals surface area contributed by atoms with Crippen LogP contribution in [0.1, 0.15) is 56.5 Å². The summed E-state index contributed by atoms with van der Waals surface area (Å²) >= 11 is 0. The smallest absolute Gasteiger partial charge is 0.249 e. The van der Waals surface area contributed by atoms with Crippen molar-refractivity contribution in [2.75, 3.05) is 44.2 Å². The van der Waals surface area contributed by atoms with Crippen molar-refractivity contribution < 1.29 is 19.1 Å². The van der Waals surface area contributed by atoms with Gasteiger partial charge < -0.3 is 20.3 Å². The third kappa shape index (κ3) is 5.16. The lowest BCUT2D eigenvalue weighted by Crippen LogP contribution is -2.49. The Hall–Kier alpha value is -3.14. The lowest BCUT2D eigenvalue weighted by atomic mass is 9.73. The van der Waals surface area contributed by atoms with Crippen LogP contribution in [0, 0.1) is 5.41 Å². The molecule has 3 aliphatic heterocycles. The molecule has 0 aromatic heterocycles. The first-order chi connectivity index (χ1) is 17.4. The number of amides is 2. The fraction of sp³-hybridized carbons (Fsp3) is 0.654. The molecular formula is C26H37N7O4. The highest BCUT2D eigenvalue weighted by Crippen LogP contribution is 2.42. The number of carbonyl (C=O) groups is 3. The fourth-order valence-electron chi connectivity index (χ4n) is 5.87. The number of azide groups is 1. The van der Waals surface area contributed by atoms with Crippen molar-refractivity contribution in [1.29, 1.82) is 0 Å². The minimum absolute atomic E-state index is 0.0826. The number of nitrogens with zero attached hydrogens (tertiary/aromatic N) is 6. The van der Waals surface area contributed by atoms with Gasteiger partial charge in [0.05, 0.1) is 18.1 Å². The summed E-state index contributed by atoms with van der Waals surface area (Å²) in [6, 6.07) is 4.51. The molecule has 11 nitrogen and oxygen atoms in total. The van der Waals surface area contributed by atoms with Gasteiger partial charge in [0.2, 0.25) is 11.8 Å². The predicted octanol–water partition coefficient (Wildman–Crippen LogP) is 2.30. The summed E-state index contributed by atoms with van der Waals surface area (Å²) in [5.74, 6) is -1.89. The molecule has 1 aromatic carbocycles. The van der Waals surface area contributed by atoms with Crippen molar-refractivity contribution in [1.82, 2.24) is 9.80 Å². The summed E-state index contributed by atoms with van der Waals surface area (Å²) in [6.45, 7) is 13.6. The van der Waals surface area contributed by atoms with Crippen molar-refractivity contribution in [2.24, 2.45) is 16.3 Å². The minimum Gasteiger partial charge on any atom is -0.369 e. The third-order valence-electron chi connectivity index (χ3n) is 7.78. The first-order valence-electron chi connectivity index (χ1n) is 12.9. The minimum atomic E-state index is -0.808. The van der Waals surface area contributed by atoms with Crippen LogP contribution >= 0.6 is 0 Å². The lowest BCUT2D eigenvalue weighted by molar-refractivity contribution is -0.139. The molecule has 0 spiro atoms. The van der Waals surface area contributed by atoms with E-state index in [4.69, 9.17) is 16.0 Å². The van der Waals surface area contributed by atoms with Gasteiger partial charge in [0.1, 0.15) is 12.6 Å². The Morgan fingerprint density at radius 1 is 1.19 bits per heavy atom. The number of primary amides is 1. The molecule has 0 saturated carbocycles. The molecule has 3 aliphatic rings. The molecule has 0 aliphatic carbocycles. The van der Waals surface area contributed by atoms with Gasteiger partial charge in [-0.1, -0.05) is 25.9 Å². The molecule has 11 heteroatoms. The number of anilines is 1. The maximum absolute atomic E-state index is 14.2. The second-order valence-corrected chi connectivity index (χ2v) is 11.5. The van der Waals surface area contributed by atoms with Crippen LogP contribution in [-0.2, 0) is 14.3 Å². The van der Waals surface area contributed by atoms with Gasteiger partial charge in [-0.2, -0.15) is 0 Å². The van der Waals surface area contributed by atoms with Gasteiger partial charge in [-0.15, -0.1) is 0 Å². The maximum Gasteiger partial charge on any atom is 0.249 e. The van der Waals surface area contributed by atoms with Gasteiger partial charge in [-0.3, -0.25) is 19.3 Å². The van der Waals surface area contributed by atoms with E-state index < -0.39 is 35.4 Å². The van der Waals surface area contributed by atoms with Gasteiger partial charge in [-0.25, -0.2) is 0 Å². The van der Waals surface area contributed by atoms with Gasteiger partial charge in [0.25, 0.3) is 0 Å². The number of likely N-dealkylation sites (tertiary alicyclic amines) is 1. The first-order valence-corrected chi connectivity index (χ1v) is 12.9. The largest absolute Gasteiger partial charge is 0.369 e. The normalized spacial score (nSPS) is 25.2. The number of nitrogens with two attached hydrogens (primary N) is 1. The summed E-state index contributed by atoms with van der Waals surface area (Å²) in [6.07, 6.45) is -0.660. The molecule has 3 saturated heterocycles. The Labute approximate surface area is 217 Å². The molecule has 37 heavy (non-hydrogen) atoms. The number of piperazine rings is 1. The second-order valence-electron chi connectivity index (χ2n) is 11.5. The molecule has 1 aromatic rings. The Balaban J connectivity index is 1.72. The maximum atomic E-state index is 14.2. The highest BCUT2D eigenvalue weighted by Gasteiger charge is 2.54. The van der Waals surface area contributed by atoms with E-state index >= 15 is 0 Å². The van der Waals surface area contributed by atoms with E-state index in [-0.39, 0.29) is 30.4 Å². The third-order valence-corrected chi connectivity index (χ3v) is 7.78. The quantitative estimate of drug-likeness (QED) is 0.352. The van der Waals surface area contributed by atoms with E-state index in [1.165, 1.54) is 4.90 Å². The van der Waals surface area contributed by atoms with Gasteiger partial charge in [0, 0.05) is 54.9 Å². The monoisotopic (exact) mass is 511 g/mol. The van der Waals surface area contributed by atoms with Crippen LogP contribution in [0.3, 0.4) is 0 Å². The van der Waals surface area contributed by atoms with Crippen LogP contribution in [0.25, 0.3) is 10.4 Å². The molecule has 2 amide bonds. The van der Waals surface area contributed by atoms with E-state index in [0.717, 1.165) is 31.9 Å². The highest BCUT2D eigenvalue weighted by molar-refractivity contribution is 5.99. The summed E-state index contributed by atoms with van der Waals surface area (Å²) in [5.41, 5.74) is 15.9. The lowest BCUT2D eigenvalue weighted by Gasteiger charge is -2.39. The van der Waals surface area contributed by atoms with Crippen molar-refractivity contribution in [2.45, 2.75) is 64.8 Å². The molecule has 3 heterocycles. The van der Waals surface area contributed by atoms with E-state index in [2.05, 4.69) is 33.7 Å². The van der Waals surface area contributed by atoms with Gasteiger partial charge in [-0.05, 0) is 48.6 Å². The zero-order valence-electron chi connectivity index (χ0n) is 22.3. The van der Waals surface area contributed by atoms with E-state index in [1.807, 2.05) is 32.9 Å². The predicted molar refractivity (Wildman–Crippen MR) is 139 cm³/mol. The number of carbonyl (C=O) groups excluding carboxylic acids is 3. The fourth-order valence-corrected chi connectivity index (χ4v) is 5.87.